The van der Waals surface area contributed by atoms with Gasteiger partial charge in [0, 0.05) is 12.8 Å². The molecular formula is C18H27NO3. The monoisotopic (exact) mass is 305 g/mol. The summed E-state index contributed by atoms with van der Waals surface area (Å²) in [5.74, 6) is 1.33. The number of carbonyl (C=O) groups excluding carboxylic acids is 1. The first-order valence-electron chi connectivity index (χ1n) is 8.11. The molecular weight excluding hydrogens is 278 g/mol. The molecule has 1 N–H and O–H groups in total. The number of methoxy groups -OCH3 is 1. The van der Waals surface area contributed by atoms with Gasteiger partial charge in [-0.25, -0.2) is 0 Å². The number of aryl methyl sites for hydroxylation is 1. The fourth-order valence-corrected chi connectivity index (χ4v) is 3.28. The predicted molar refractivity (Wildman–Crippen MR) is 88.3 cm³/mol. The minimum absolute atomic E-state index is 0.0369. The summed E-state index contributed by atoms with van der Waals surface area (Å²) in [7, 11) is 1.64. The van der Waals surface area contributed by atoms with Crippen LogP contribution in [-0.4, -0.2) is 25.2 Å². The number of hydrogen-bond acceptors (Lipinski definition) is 3. The SMILES string of the molecule is CCOc1ccc(NC(=O)C2(OC)CCCC(C)C2)cc1C. The first-order valence-corrected chi connectivity index (χ1v) is 8.11. The van der Waals surface area contributed by atoms with Crippen LogP contribution in [0.2, 0.25) is 0 Å². The third-order valence-corrected chi connectivity index (χ3v) is 4.49. The van der Waals surface area contributed by atoms with E-state index in [4.69, 9.17) is 9.47 Å². The Morgan fingerprint density at radius 3 is 2.82 bits per heavy atom. The molecule has 1 aromatic carbocycles. The summed E-state index contributed by atoms with van der Waals surface area (Å²) in [5, 5.41) is 3.01. The van der Waals surface area contributed by atoms with Gasteiger partial charge in [0.1, 0.15) is 11.4 Å². The summed E-state index contributed by atoms with van der Waals surface area (Å²) in [6, 6.07) is 5.72. The number of amides is 1. The Hall–Kier alpha value is -1.55. The number of anilines is 1. The van der Waals surface area contributed by atoms with E-state index in [0.29, 0.717) is 12.5 Å². The first-order chi connectivity index (χ1) is 10.5. The van der Waals surface area contributed by atoms with Crippen LogP contribution in [0.15, 0.2) is 18.2 Å². The summed E-state index contributed by atoms with van der Waals surface area (Å²) in [5.41, 5.74) is 1.12. The third-order valence-electron chi connectivity index (χ3n) is 4.49. The average molecular weight is 305 g/mol. The van der Waals surface area contributed by atoms with Crippen molar-refractivity contribution in [2.45, 2.75) is 52.1 Å². The van der Waals surface area contributed by atoms with Gasteiger partial charge >= 0.3 is 0 Å². The van der Waals surface area contributed by atoms with Crippen molar-refractivity contribution in [1.29, 1.82) is 0 Å². The van der Waals surface area contributed by atoms with Crippen LogP contribution in [-0.2, 0) is 9.53 Å². The van der Waals surface area contributed by atoms with Crippen LogP contribution in [0.4, 0.5) is 5.69 Å². The number of nitrogens with one attached hydrogen (secondary N) is 1. The van der Waals surface area contributed by atoms with Crippen molar-refractivity contribution in [2.24, 2.45) is 5.92 Å². The normalized spacial score (nSPS) is 24.8. The molecule has 22 heavy (non-hydrogen) atoms. The molecule has 0 aliphatic heterocycles. The van der Waals surface area contributed by atoms with Gasteiger partial charge in [-0.05, 0) is 62.8 Å². The van der Waals surface area contributed by atoms with Crippen LogP contribution in [0.1, 0.15) is 45.1 Å². The highest BCUT2D eigenvalue weighted by Gasteiger charge is 2.41. The zero-order chi connectivity index (χ0) is 16.2. The Morgan fingerprint density at radius 2 is 2.23 bits per heavy atom. The van der Waals surface area contributed by atoms with Crippen LogP contribution < -0.4 is 10.1 Å². The highest BCUT2D eigenvalue weighted by Crippen LogP contribution is 2.36. The van der Waals surface area contributed by atoms with E-state index < -0.39 is 5.60 Å². The van der Waals surface area contributed by atoms with Crippen molar-refractivity contribution in [1.82, 2.24) is 0 Å². The number of ether oxygens (including phenoxy) is 2. The quantitative estimate of drug-likeness (QED) is 0.896. The molecule has 1 amide bonds. The standard InChI is InChI=1S/C18H27NO3/c1-5-22-16-9-8-15(11-14(16)3)19-17(20)18(21-4)10-6-7-13(2)12-18/h8-9,11,13H,5-7,10,12H2,1-4H3,(H,19,20). The molecule has 0 heterocycles. The Labute approximate surface area is 133 Å². The fourth-order valence-electron chi connectivity index (χ4n) is 3.28. The molecule has 4 heteroatoms. The van der Waals surface area contributed by atoms with E-state index in [2.05, 4.69) is 12.2 Å². The van der Waals surface area contributed by atoms with E-state index in [-0.39, 0.29) is 5.91 Å². The van der Waals surface area contributed by atoms with Gasteiger partial charge in [0.2, 0.25) is 0 Å². The third kappa shape index (κ3) is 3.61. The van der Waals surface area contributed by atoms with E-state index in [1.165, 1.54) is 6.42 Å². The topological polar surface area (TPSA) is 47.6 Å². The van der Waals surface area contributed by atoms with Crippen molar-refractivity contribution in [2.75, 3.05) is 19.0 Å². The molecule has 4 nitrogen and oxygen atoms in total. The van der Waals surface area contributed by atoms with Crippen molar-refractivity contribution < 1.29 is 14.3 Å². The Balaban J connectivity index is 2.12. The summed E-state index contributed by atoms with van der Waals surface area (Å²) in [4.78, 5) is 12.7. The second kappa shape index (κ2) is 7.14. The minimum Gasteiger partial charge on any atom is -0.494 e. The lowest BCUT2D eigenvalue weighted by Crippen LogP contribution is -2.47. The van der Waals surface area contributed by atoms with E-state index in [1.807, 2.05) is 32.0 Å². The molecule has 1 aliphatic carbocycles. The highest BCUT2D eigenvalue weighted by molar-refractivity contribution is 5.97. The van der Waals surface area contributed by atoms with Crippen molar-refractivity contribution >= 4 is 11.6 Å². The largest absolute Gasteiger partial charge is 0.494 e. The van der Waals surface area contributed by atoms with Gasteiger partial charge in [-0.2, -0.15) is 0 Å². The molecule has 1 aromatic rings. The van der Waals surface area contributed by atoms with Gasteiger partial charge in [0.25, 0.3) is 5.91 Å². The van der Waals surface area contributed by atoms with Gasteiger partial charge in [-0.15, -0.1) is 0 Å². The van der Waals surface area contributed by atoms with Gasteiger partial charge in [-0.1, -0.05) is 13.3 Å². The molecule has 0 aromatic heterocycles. The maximum atomic E-state index is 12.7. The highest BCUT2D eigenvalue weighted by atomic mass is 16.5. The lowest BCUT2D eigenvalue weighted by Gasteiger charge is -2.37. The molecule has 0 radical (unpaired) electrons. The van der Waals surface area contributed by atoms with Crippen LogP contribution >= 0.6 is 0 Å². The second-order valence-electron chi connectivity index (χ2n) is 6.27. The Morgan fingerprint density at radius 1 is 1.45 bits per heavy atom. The van der Waals surface area contributed by atoms with Crippen LogP contribution in [0.3, 0.4) is 0 Å². The summed E-state index contributed by atoms with van der Waals surface area (Å²) >= 11 is 0. The Bertz CT molecular complexity index is 529. The molecule has 0 spiro atoms. The maximum absolute atomic E-state index is 12.7. The van der Waals surface area contributed by atoms with Crippen LogP contribution in [0.25, 0.3) is 0 Å². The first kappa shape index (κ1) is 16.8. The molecule has 2 unspecified atom stereocenters. The van der Waals surface area contributed by atoms with E-state index in [0.717, 1.165) is 36.3 Å². The molecule has 0 saturated heterocycles. The number of carbonyl (C=O) groups is 1. The van der Waals surface area contributed by atoms with Crippen LogP contribution in [0.5, 0.6) is 5.75 Å². The molecule has 2 rings (SSSR count). The number of rotatable bonds is 5. The summed E-state index contributed by atoms with van der Waals surface area (Å²) in [6.07, 6.45) is 3.77. The smallest absolute Gasteiger partial charge is 0.256 e. The van der Waals surface area contributed by atoms with Gasteiger partial charge in [0.05, 0.1) is 6.61 Å². The lowest BCUT2D eigenvalue weighted by atomic mass is 9.78. The van der Waals surface area contributed by atoms with Crippen molar-refractivity contribution in [3.05, 3.63) is 23.8 Å². The van der Waals surface area contributed by atoms with Crippen molar-refractivity contribution in [3.8, 4) is 5.75 Å². The molecule has 1 saturated carbocycles. The van der Waals surface area contributed by atoms with Gasteiger partial charge < -0.3 is 14.8 Å². The van der Waals surface area contributed by atoms with E-state index >= 15 is 0 Å². The molecule has 122 valence electrons. The Kier molecular flexibility index (Phi) is 5.46. The number of hydrogen-bond donors (Lipinski definition) is 1. The zero-order valence-electron chi connectivity index (χ0n) is 14.1. The predicted octanol–water partition coefficient (Wildman–Crippen LogP) is 3.93. The molecule has 0 bridgehead atoms. The van der Waals surface area contributed by atoms with Crippen molar-refractivity contribution in [3.63, 3.8) is 0 Å². The van der Waals surface area contributed by atoms with E-state index in [1.54, 1.807) is 7.11 Å². The molecule has 1 aliphatic rings. The summed E-state index contributed by atoms with van der Waals surface area (Å²) in [6.45, 7) is 6.76. The summed E-state index contributed by atoms with van der Waals surface area (Å²) < 4.78 is 11.2. The fraction of sp³-hybridized carbons (Fsp3) is 0.611. The van der Waals surface area contributed by atoms with Crippen LogP contribution in [0, 0.1) is 12.8 Å². The maximum Gasteiger partial charge on any atom is 0.256 e. The number of benzene rings is 1. The second-order valence-corrected chi connectivity index (χ2v) is 6.27. The minimum atomic E-state index is -0.690. The molecule has 1 fully saturated rings. The molecule has 2 atom stereocenters. The van der Waals surface area contributed by atoms with E-state index in [9.17, 15) is 4.79 Å². The zero-order valence-corrected chi connectivity index (χ0v) is 14.1. The lowest BCUT2D eigenvalue weighted by molar-refractivity contribution is -0.143. The average Bonchev–Trinajstić information content (AvgIpc) is 2.50. The van der Waals surface area contributed by atoms with Gasteiger partial charge in [0.15, 0.2) is 0 Å². The van der Waals surface area contributed by atoms with Gasteiger partial charge in [-0.3, -0.25) is 4.79 Å².